The summed E-state index contributed by atoms with van der Waals surface area (Å²) in [5, 5.41) is 3.72. The van der Waals surface area contributed by atoms with Crippen LogP contribution in [-0.4, -0.2) is 37.2 Å². The van der Waals surface area contributed by atoms with E-state index < -0.39 is 0 Å². The number of hydrogen-bond donors (Lipinski definition) is 1. The third-order valence-corrected chi connectivity index (χ3v) is 6.40. The molecule has 144 valence electrons. The number of likely N-dealkylation sites (tertiary alicyclic amines) is 1. The van der Waals surface area contributed by atoms with Crippen LogP contribution >= 0.6 is 0 Å². The molecular weight excluding hydrogens is 332 g/mol. The molecule has 3 heteroatoms. The summed E-state index contributed by atoms with van der Waals surface area (Å²) >= 11 is 0. The van der Waals surface area contributed by atoms with Crippen molar-refractivity contribution < 1.29 is 4.74 Å². The summed E-state index contributed by atoms with van der Waals surface area (Å²) in [5.41, 5.74) is 2.71. The van der Waals surface area contributed by atoms with Gasteiger partial charge in [0.05, 0.1) is 7.11 Å². The van der Waals surface area contributed by atoms with Crippen LogP contribution in [0.25, 0.3) is 0 Å². The number of methoxy groups -OCH3 is 1. The Hall–Kier alpha value is -2.00. The van der Waals surface area contributed by atoms with Crippen LogP contribution < -0.4 is 10.1 Å². The largest absolute Gasteiger partial charge is 0.497 e. The third kappa shape index (κ3) is 4.47. The molecule has 0 amide bonds. The lowest BCUT2D eigenvalue weighted by atomic mass is 9.78. The quantitative estimate of drug-likeness (QED) is 0.779. The fourth-order valence-corrected chi connectivity index (χ4v) is 4.96. The van der Waals surface area contributed by atoms with E-state index in [0.717, 1.165) is 11.8 Å². The number of rotatable bonds is 5. The van der Waals surface area contributed by atoms with E-state index in [0.29, 0.717) is 12.0 Å². The van der Waals surface area contributed by atoms with Gasteiger partial charge in [0.1, 0.15) is 5.75 Å². The molecule has 0 aromatic heterocycles. The molecule has 1 aliphatic heterocycles. The van der Waals surface area contributed by atoms with Crippen LogP contribution in [0.3, 0.4) is 0 Å². The molecule has 2 aromatic carbocycles. The van der Waals surface area contributed by atoms with Crippen molar-refractivity contribution in [1.82, 2.24) is 4.90 Å². The van der Waals surface area contributed by atoms with Crippen LogP contribution in [0.5, 0.6) is 5.75 Å². The smallest absolute Gasteiger partial charge is 0.120 e. The zero-order valence-electron chi connectivity index (χ0n) is 16.4. The van der Waals surface area contributed by atoms with Gasteiger partial charge in [-0.25, -0.2) is 0 Å². The molecule has 2 atom stereocenters. The predicted octanol–water partition coefficient (Wildman–Crippen LogP) is 5.30. The van der Waals surface area contributed by atoms with Crippen molar-refractivity contribution in [3.63, 3.8) is 0 Å². The van der Waals surface area contributed by atoms with Crippen LogP contribution in [0.1, 0.15) is 50.0 Å². The maximum Gasteiger partial charge on any atom is 0.120 e. The molecule has 2 aliphatic rings. The molecule has 1 saturated carbocycles. The summed E-state index contributed by atoms with van der Waals surface area (Å²) < 4.78 is 5.35. The zero-order chi connectivity index (χ0) is 18.5. The van der Waals surface area contributed by atoms with E-state index in [2.05, 4.69) is 58.7 Å². The molecule has 3 nitrogen and oxygen atoms in total. The maximum absolute atomic E-state index is 5.35. The Balaban J connectivity index is 1.36. The molecule has 27 heavy (non-hydrogen) atoms. The zero-order valence-corrected chi connectivity index (χ0v) is 16.4. The summed E-state index contributed by atoms with van der Waals surface area (Å²) in [4.78, 5) is 2.78. The minimum absolute atomic E-state index is 0.562. The normalized spacial score (nSPS) is 24.5. The van der Waals surface area contributed by atoms with Crippen molar-refractivity contribution >= 4 is 5.69 Å². The summed E-state index contributed by atoms with van der Waals surface area (Å²) in [7, 11) is 1.73. The lowest BCUT2D eigenvalue weighted by molar-refractivity contribution is 0.109. The highest BCUT2D eigenvalue weighted by Crippen LogP contribution is 2.37. The summed E-state index contributed by atoms with van der Waals surface area (Å²) in [5.74, 6) is 1.63. The van der Waals surface area contributed by atoms with Gasteiger partial charge in [-0.15, -0.1) is 0 Å². The minimum atomic E-state index is 0.562. The van der Waals surface area contributed by atoms with Gasteiger partial charge in [-0.05, 0) is 49.3 Å². The Morgan fingerprint density at radius 3 is 2.44 bits per heavy atom. The van der Waals surface area contributed by atoms with Crippen LogP contribution in [0.4, 0.5) is 5.69 Å². The highest BCUT2D eigenvalue weighted by atomic mass is 16.5. The Bertz CT molecular complexity index is 709. The first-order valence-electron chi connectivity index (χ1n) is 10.5. The van der Waals surface area contributed by atoms with E-state index in [1.165, 1.54) is 57.3 Å². The van der Waals surface area contributed by atoms with Crippen molar-refractivity contribution in [2.75, 3.05) is 25.5 Å². The highest BCUT2D eigenvalue weighted by molar-refractivity contribution is 5.48. The van der Waals surface area contributed by atoms with Crippen molar-refractivity contribution in [2.45, 2.75) is 56.5 Å². The Morgan fingerprint density at radius 1 is 0.889 bits per heavy atom. The third-order valence-electron chi connectivity index (χ3n) is 6.40. The fourth-order valence-electron chi connectivity index (χ4n) is 4.96. The summed E-state index contributed by atoms with van der Waals surface area (Å²) in [6.45, 7) is 2.41. The molecule has 1 saturated heterocycles. The molecule has 4 rings (SSSR count). The van der Waals surface area contributed by atoms with E-state index in [1.807, 2.05) is 6.07 Å². The van der Waals surface area contributed by atoms with Gasteiger partial charge in [-0.3, -0.25) is 4.90 Å². The van der Waals surface area contributed by atoms with Gasteiger partial charge < -0.3 is 10.1 Å². The molecule has 0 spiro atoms. The number of piperidine rings is 1. The first kappa shape index (κ1) is 18.4. The van der Waals surface area contributed by atoms with Crippen molar-refractivity contribution in [3.05, 3.63) is 60.2 Å². The average Bonchev–Trinajstić information content (AvgIpc) is 2.75. The van der Waals surface area contributed by atoms with E-state index in [1.54, 1.807) is 12.7 Å². The molecule has 1 N–H and O–H groups in total. The lowest BCUT2D eigenvalue weighted by Crippen LogP contribution is -2.47. The molecule has 2 aromatic rings. The molecule has 2 unspecified atom stereocenters. The van der Waals surface area contributed by atoms with Gasteiger partial charge in [0.2, 0.25) is 0 Å². The van der Waals surface area contributed by atoms with Crippen LogP contribution in [0, 0.1) is 0 Å². The second kappa shape index (κ2) is 8.79. The number of nitrogens with one attached hydrogen (secondary N) is 1. The van der Waals surface area contributed by atoms with Gasteiger partial charge in [-0.2, -0.15) is 0 Å². The number of nitrogens with zero attached hydrogens (tertiary/aromatic N) is 1. The predicted molar refractivity (Wildman–Crippen MR) is 113 cm³/mol. The van der Waals surface area contributed by atoms with Crippen molar-refractivity contribution in [3.8, 4) is 5.75 Å². The van der Waals surface area contributed by atoms with Gasteiger partial charge in [0, 0.05) is 36.9 Å². The standard InChI is InChI=1S/C24H32N2O/c1-27-22-11-7-10-21(18-22)25-20-14-16-26(17-15-20)24-13-6-5-12-23(24)19-8-3-2-4-9-19/h2-4,7-11,18,20,23-25H,5-6,12-17H2,1H3. The van der Waals surface area contributed by atoms with Gasteiger partial charge >= 0.3 is 0 Å². The molecule has 0 bridgehead atoms. The SMILES string of the molecule is COc1cccc(NC2CCN(C3CCCCC3c3ccccc3)CC2)c1. The monoisotopic (exact) mass is 364 g/mol. The Kier molecular flexibility index (Phi) is 5.98. The van der Waals surface area contributed by atoms with E-state index >= 15 is 0 Å². The molecule has 0 radical (unpaired) electrons. The summed E-state index contributed by atoms with van der Waals surface area (Å²) in [6, 6.07) is 20.8. The highest BCUT2D eigenvalue weighted by Gasteiger charge is 2.33. The summed E-state index contributed by atoms with van der Waals surface area (Å²) in [6.07, 6.45) is 7.90. The molecule has 2 fully saturated rings. The van der Waals surface area contributed by atoms with E-state index in [4.69, 9.17) is 4.74 Å². The second-order valence-electron chi connectivity index (χ2n) is 8.06. The lowest BCUT2D eigenvalue weighted by Gasteiger charge is -2.44. The number of benzene rings is 2. The van der Waals surface area contributed by atoms with Gasteiger partial charge in [0.25, 0.3) is 0 Å². The molecule has 1 heterocycles. The fraction of sp³-hybridized carbons (Fsp3) is 0.500. The van der Waals surface area contributed by atoms with E-state index in [9.17, 15) is 0 Å². The first-order valence-corrected chi connectivity index (χ1v) is 10.5. The average molecular weight is 365 g/mol. The number of anilines is 1. The molecule has 1 aliphatic carbocycles. The van der Waals surface area contributed by atoms with Crippen LogP contribution in [0.2, 0.25) is 0 Å². The minimum Gasteiger partial charge on any atom is -0.497 e. The number of hydrogen-bond acceptors (Lipinski definition) is 3. The van der Waals surface area contributed by atoms with E-state index in [-0.39, 0.29) is 0 Å². The van der Waals surface area contributed by atoms with Crippen LogP contribution in [-0.2, 0) is 0 Å². The van der Waals surface area contributed by atoms with Gasteiger partial charge in [-0.1, -0.05) is 49.2 Å². The van der Waals surface area contributed by atoms with Gasteiger partial charge in [0.15, 0.2) is 0 Å². The Morgan fingerprint density at radius 2 is 1.67 bits per heavy atom. The van der Waals surface area contributed by atoms with Crippen molar-refractivity contribution in [2.24, 2.45) is 0 Å². The second-order valence-corrected chi connectivity index (χ2v) is 8.06. The molecular formula is C24H32N2O. The topological polar surface area (TPSA) is 24.5 Å². The first-order chi connectivity index (χ1) is 13.3. The van der Waals surface area contributed by atoms with Crippen molar-refractivity contribution in [1.29, 1.82) is 0 Å². The van der Waals surface area contributed by atoms with Crippen LogP contribution in [0.15, 0.2) is 54.6 Å². The Labute approximate surface area is 163 Å². The number of ether oxygens (including phenoxy) is 1. The maximum atomic E-state index is 5.35.